The van der Waals surface area contributed by atoms with E-state index in [2.05, 4.69) is 20.9 Å². The third-order valence-corrected chi connectivity index (χ3v) is 6.16. The molecule has 2 fully saturated rings. The predicted molar refractivity (Wildman–Crippen MR) is 105 cm³/mol. The molecule has 10 heteroatoms. The first-order chi connectivity index (χ1) is 14.1. The standard InChI is InChI=1S/C20H24F3N5O2/c21-20(22,23)19(30)9-15(29)27-18(25)16(19)17(24)12-5-7-28(8-6-12)14-4-3-13(10-26-14)11-1-2-11/h3-4,10-12,30H,1-2,5-9,24H2,(H2,25,27,29). The van der Waals surface area contributed by atoms with E-state index < -0.39 is 41.4 Å². The van der Waals surface area contributed by atoms with Crippen molar-refractivity contribution in [2.75, 3.05) is 18.0 Å². The molecule has 0 bridgehead atoms. The van der Waals surface area contributed by atoms with Gasteiger partial charge < -0.3 is 21.5 Å². The average molecular weight is 423 g/mol. The van der Waals surface area contributed by atoms with Crippen LogP contribution in [-0.2, 0) is 4.79 Å². The first kappa shape index (κ1) is 20.6. The van der Waals surface area contributed by atoms with Gasteiger partial charge in [0.1, 0.15) is 11.7 Å². The molecular formula is C20H24F3N5O2. The van der Waals surface area contributed by atoms with Crippen molar-refractivity contribution in [1.29, 1.82) is 0 Å². The van der Waals surface area contributed by atoms with E-state index in [1.54, 1.807) is 0 Å². The molecule has 162 valence electrons. The smallest absolute Gasteiger partial charge is 0.401 e. The van der Waals surface area contributed by atoms with Gasteiger partial charge in [-0.1, -0.05) is 6.07 Å². The molecule has 3 aliphatic rings. The van der Waals surface area contributed by atoms with Gasteiger partial charge >= 0.3 is 6.18 Å². The lowest BCUT2D eigenvalue weighted by Crippen LogP contribution is -2.55. The first-order valence-corrected chi connectivity index (χ1v) is 9.97. The van der Waals surface area contributed by atoms with Crippen LogP contribution in [0.15, 0.2) is 34.6 Å². The second-order valence-corrected chi connectivity index (χ2v) is 8.24. The molecule has 30 heavy (non-hydrogen) atoms. The van der Waals surface area contributed by atoms with Gasteiger partial charge in [0.2, 0.25) is 0 Å². The van der Waals surface area contributed by atoms with Crippen LogP contribution in [0.5, 0.6) is 0 Å². The van der Waals surface area contributed by atoms with Crippen molar-refractivity contribution in [3.05, 3.63) is 35.2 Å². The van der Waals surface area contributed by atoms with Crippen LogP contribution in [-0.4, -0.2) is 46.7 Å². The SMILES string of the molecule is NC1=NC(=O)CC(O)(C(F)(F)F)C1=C(N)C1CCN(c2ccc(C3CC3)cn2)CC1. The van der Waals surface area contributed by atoms with Crippen LogP contribution >= 0.6 is 0 Å². The third-order valence-electron chi connectivity index (χ3n) is 6.16. The zero-order chi connectivity index (χ0) is 21.7. The Morgan fingerprint density at radius 3 is 2.40 bits per heavy atom. The molecule has 0 aromatic carbocycles. The van der Waals surface area contributed by atoms with Gasteiger partial charge in [0.15, 0.2) is 5.60 Å². The Labute approximate surface area is 171 Å². The normalized spacial score (nSPS) is 27.8. The predicted octanol–water partition coefficient (Wildman–Crippen LogP) is 1.97. The average Bonchev–Trinajstić information content (AvgIpc) is 3.52. The summed E-state index contributed by atoms with van der Waals surface area (Å²) in [5.74, 6) is -0.772. The molecule has 4 rings (SSSR count). The highest BCUT2D eigenvalue weighted by molar-refractivity contribution is 6.09. The monoisotopic (exact) mass is 423 g/mol. The third kappa shape index (κ3) is 3.64. The number of carbonyl (C=O) groups excluding carboxylic acids is 1. The van der Waals surface area contributed by atoms with Crippen LogP contribution in [0.2, 0.25) is 0 Å². The maximum Gasteiger partial charge on any atom is 0.422 e. The van der Waals surface area contributed by atoms with Crippen molar-refractivity contribution in [1.82, 2.24) is 4.98 Å². The number of amides is 1. The highest BCUT2D eigenvalue weighted by atomic mass is 19.4. The van der Waals surface area contributed by atoms with Gasteiger partial charge in [0.05, 0.1) is 12.0 Å². The molecule has 1 saturated heterocycles. The van der Waals surface area contributed by atoms with E-state index >= 15 is 0 Å². The molecular weight excluding hydrogens is 399 g/mol. The van der Waals surface area contributed by atoms with Crippen molar-refractivity contribution < 1.29 is 23.1 Å². The lowest BCUT2D eigenvalue weighted by atomic mass is 9.80. The number of allylic oxidation sites excluding steroid dienone is 1. The molecule has 2 aliphatic heterocycles. The summed E-state index contributed by atoms with van der Waals surface area (Å²) >= 11 is 0. The summed E-state index contributed by atoms with van der Waals surface area (Å²) in [7, 11) is 0. The van der Waals surface area contributed by atoms with Crippen LogP contribution in [0, 0.1) is 5.92 Å². The molecule has 7 nitrogen and oxygen atoms in total. The topological polar surface area (TPSA) is 118 Å². The number of alkyl halides is 3. The van der Waals surface area contributed by atoms with E-state index in [0.29, 0.717) is 31.8 Å². The van der Waals surface area contributed by atoms with E-state index in [4.69, 9.17) is 11.5 Å². The van der Waals surface area contributed by atoms with Crippen molar-refractivity contribution in [2.45, 2.75) is 49.8 Å². The number of amidine groups is 1. The minimum absolute atomic E-state index is 0.153. The van der Waals surface area contributed by atoms with Gasteiger partial charge in [0, 0.05) is 30.9 Å². The molecule has 0 spiro atoms. The lowest BCUT2D eigenvalue weighted by molar-refractivity contribution is -0.244. The van der Waals surface area contributed by atoms with E-state index in [-0.39, 0.29) is 5.70 Å². The second-order valence-electron chi connectivity index (χ2n) is 8.24. The van der Waals surface area contributed by atoms with Crippen LogP contribution < -0.4 is 16.4 Å². The number of carbonyl (C=O) groups is 1. The zero-order valence-electron chi connectivity index (χ0n) is 16.3. The summed E-state index contributed by atoms with van der Waals surface area (Å²) in [6, 6.07) is 4.04. The zero-order valence-corrected chi connectivity index (χ0v) is 16.3. The van der Waals surface area contributed by atoms with Gasteiger partial charge in [0.25, 0.3) is 5.91 Å². The van der Waals surface area contributed by atoms with Crippen molar-refractivity contribution in [3.8, 4) is 0 Å². The summed E-state index contributed by atoms with van der Waals surface area (Å²) < 4.78 is 40.8. The van der Waals surface area contributed by atoms with Crippen molar-refractivity contribution >= 4 is 17.6 Å². The number of aliphatic imine (C=N–C) groups is 1. The maximum absolute atomic E-state index is 13.6. The van der Waals surface area contributed by atoms with Gasteiger partial charge in [-0.05, 0) is 43.2 Å². The molecule has 5 N–H and O–H groups in total. The minimum Gasteiger partial charge on any atom is -0.401 e. The van der Waals surface area contributed by atoms with Gasteiger partial charge in [-0.3, -0.25) is 4.79 Å². The molecule has 0 radical (unpaired) electrons. The minimum atomic E-state index is -5.10. The Bertz CT molecular complexity index is 900. The van der Waals surface area contributed by atoms with E-state index in [1.807, 2.05) is 12.3 Å². The molecule has 1 aromatic rings. The van der Waals surface area contributed by atoms with E-state index in [1.165, 1.54) is 18.4 Å². The van der Waals surface area contributed by atoms with Crippen LogP contribution in [0.3, 0.4) is 0 Å². The summed E-state index contributed by atoms with van der Waals surface area (Å²) in [6.45, 7) is 1.10. The van der Waals surface area contributed by atoms with Crippen LogP contribution in [0.25, 0.3) is 0 Å². The number of hydrogen-bond acceptors (Lipinski definition) is 6. The largest absolute Gasteiger partial charge is 0.422 e. The molecule has 1 unspecified atom stereocenters. The highest BCUT2D eigenvalue weighted by Crippen LogP contribution is 2.43. The van der Waals surface area contributed by atoms with E-state index in [0.717, 1.165) is 5.82 Å². The first-order valence-electron chi connectivity index (χ1n) is 9.97. The van der Waals surface area contributed by atoms with Crippen molar-refractivity contribution in [2.24, 2.45) is 22.4 Å². The Morgan fingerprint density at radius 1 is 1.20 bits per heavy atom. The molecule has 3 heterocycles. The fourth-order valence-corrected chi connectivity index (χ4v) is 4.24. The summed E-state index contributed by atoms with van der Waals surface area (Å²) in [5, 5.41) is 10.4. The van der Waals surface area contributed by atoms with Gasteiger partial charge in [-0.2, -0.15) is 18.2 Å². The number of hydrogen-bond donors (Lipinski definition) is 3. The number of nitrogens with two attached hydrogens (primary N) is 2. The summed E-state index contributed by atoms with van der Waals surface area (Å²) in [4.78, 5) is 21.5. The second kappa shape index (κ2) is 7.26. The molecule has 1 aromatic heterocycles. The number of nitrogens with zero attached hydrogens (tertiary/aromatic N) is 3. The Morgan fingerprint density at radius 2 is 1.87 bits per heavy atom. The number of halogens is 3. The molecule has 1 saturated carbocycles. The number of rotatable bonds is 3. The van der Waals surface area contributed by atoms with E-state index in [9.17, 15) is 23.1 Å². The van der Waals surface area contributed by atoms with Crippen LogP contribution in [0.4, 0.5) is 19.0 Å². The Hall–Kier alpha value is -2.62. The maximum atomic E-state index is 13.6. The number of anilines is 1. The fourth-order valence-electron chi connectivity index (χ4n) is 4.24. The highest BCUT2D eigenvalue weighted by Gasteiger charge is 2.60. The molecule has 1 aliphatic carbocycles. The number of pyridine rings is 1. The number of aliphatic hydroxyl groups is 1. The Balaban J connectivity index is 1.53. The van der Waals surface area contributed by atoms with Gasteiger partial charge in [-0.25, -0.2) is 4.98 Å². The quantitative estimate of drug-likeness (QED) is 0.684. The fraction of sp³-hybridized carbons (Fsp3) is 0.550. The molecule has 1 amide bonds. The van der Waals surface area contributed by atoms with Gasteiger partial charge in [-0.15, -0.1) is 0 Å². The van der Waals surface area contributed by atoms with Crippen molar-refractivity contribution in [3.63, 3.8) is 0 Å². The number of aromatic nitrogens is 1. The number of piperidine rings is 1. The lowest BCUT2D eigenvalue weighted by Gasteiger charge is -2.38. The van der Waals surface area contributed by atoms with Crippen LogP contribution in [0.1, 0.15) is 43.6 Å². The summed E-state index contributed by atoms with van der Waals surface area (Å²) in [6.07, 6.45) is -1.10. The molecule has 1 atom stereocenters. The Kier molecular flexibility index (Phi) is 5.00. The summed E-state index contributed by atoms with van der Waals surface area (Å²) in [5.41, 5.74) is 8.69.